The lowest BCUT2D eigenvalue weighted by atomic mass is 9.97. The fourth-order valence-corrected chi connectivity index (χ4v) is 4.48. The van der Waals surface area contributed by atoms with Gasteiger partial charge in [-0.15, -0.1) is 0 Å². The first-order chi connectivity index (χ1) is 18.1. The first-order valence-electron chi connectivity index (χ1n) is 13.1. The van der Waals surface area contributed by atoms with Crippen molar-refractivity contribution < 1.29 is 9.59 Å². The molecule has 0 saturated carbocycles. The fourth-order valence-electron chi connectivity index (χ4n) is 4.48. The molecule has 2 N–H and O–H groups in total. The third-order valence-corrected chi connectivity index (χ3v) is 7.42. The van der Waals surface area contributed by atoms with Crippen LogP contribution in [0.5, 0.6) is 0 Å². The number of nitrogens with one attached hydrogen (secondary N) is 2. The van der Waals surface area contributed by atoms with E-state index in [4.69, 9.17) is 0 Å². The van der Waals surface area contributed by atoms with E-state index in [1.54, 1.807) is 0 Å². The molecule has 0 unspecified atom stereocenters. The first kappa shape index (κ1) is 26.9. The highest BCUT2D eigenvalue weighted by Crippen LogP contribution is 2.22. The van der Waals surface area contributed by atoms with Gasteiger partial charge in [0.25, 0.3) is 11.8 Å². The van der Waals surface area contributed by atoms with Gasteiger partial charge >= 0.3 is 0 Å². The Balaban J connectivity index is 1.45. The number of hydrogen-bond acceptors (Lipinski definition) is 2. The second-order valence-electron chi connectivity index (χ2n) is 10.3. The van der Waals surface area contributed by atoms with Gasteiger partial charge in [0.1, 0.15) is 0 Å². The topological polar surface area (TPSA) is 58.2 Å². The Hall–Kier alpha value is -4.18. The first-order valence-corrected chi connectivity index (χ1v) is 13.1. The van der Waals surface area contributed by atoms with Gasteiger partial charge in [0, 0.05) is 22.5 Å². The molecule has 4 rings (SSSR count). The molecule has 0 aliphatic rings. The summed E-state index contributed by atoms with van der Waals surface area (Å²) in [7, 11) is 0. The molecule has 4 aromatic rings. The van der Waals surface area contributed by atoms with E-state index in [2.05, 4.69) is 48.7 Å². The van der Waals surface area contributed by atoms with Crippen LogP contribution in [0.1, 0.15) is 65.2 Å². The van der Waals surface area contributed by atoms with Crippen molar-refractivity contribution >= 4 is 23.2 Å². The molecule has 0 atom stereocenters. The maximum atomic E-state index is 12.8. The average Bonchev–Trinajstić information content (AvgIpc) is 2.89. The van der Waals surface area contributed by atoms with Crippen molar-refractivity contribution in [1.82, 2.24) is 0 Å². The maximum absolute atomic E-state index is 12.8. The molecule has 2 amide bonds. The summed E-state index contributed by atoms with van der Waals surface area (Å²) in [5, 5.41) is 6.10. The van der Waals surface area contributed by atoms with Crippen molar-refractivity contribution in [3.8, 4) is 0 Å². The Kier molecular flexibility index (Phi) is 8.11. The Morgan fingerprint density at radius 2 is 0.842 bits per heavy atom. The minimum atomic E-state index is -0.106. The average molecular weight is 505 g/mol. The zero-order chi connectivity index (χ0) is 27.4. The number of aryl methyl sites for hydroxylation is 8. The summed E-state index contributed by atoms with van der Waals surface area (Å²) < 4.78 is 0. The number of rotatable bonds is 7. The second kappa shape index (κ2) is 11.5. The quantitative estimate of drug-likeness (QED) is 0.269. The van der Waals surface area contributed by atoms with E-state index in [1.165, 1.54) is 33.4 Å². The van der Waals surface area contributed by atoms with Crippen LogP contribution in [-0.2, 0) is 12.8 Å². The van der Waals surface area contributed by atoms with Gasteiger partial charge in [-0.3, -0.25) is 9.59 Å². The van der Waals surface area contributed by atoms with Crippen LogP contribution >= 0.6 is 0 Å². The molecule has 0 aliphatic heterocycles. The van der Waals surface area contributed by atoms with E-state index in [-0.39, 0.29) is 11.8 Å². The highest BCUT2D eigenvalue weighted by atomic mass is 16.2. The smallest absolute Gasteiger partial charge is 0.255 e. The molecule has 0 aliphatic carbocycles. The normalized spacial score (nSPS) is 10.8. The molecular weight excluding hydrogens is 468 g/mol. The zero-order valence-corrected chi connectivity index (χ0v) is 23.2. The second-order valence-corrected chi connectivity index (χ2v) is 10.3. The lowest BCUT2D eigenvalue weighted by Crippen LogP contribution is -2.13. The van der Waals surface area contributed by atoms with Gasteiger partial charge in [-0.1, -0.05) is 24.3 Å². The van der Waals surface area contributed by atoms with Crippen LogP contribution in [0.4, 0.5) is 11.4 Å². The SMILES string of the molecule is Cc1ccc(C(=O)Nc2ccc(C)c(CCc3cc(NC(=O)c4ccc(C)c(C)c4)ccc3C)c2)cc1C. The molecule has 4 heteroatoms. The van der Waals surface area contributed by atoms with Gasteiger partial charge < -0.3 is 10.6 Å². The summed E-state index contributed by atoms with van der Waals surface area (Å²) in [6.45, 7) is 12.3. The molecule has 0 radical (unpaired) electrons. The van der Waals surface area contributed by atoms with E-state index in [1.807, 2.05) is 76.2 Å². The summed E-state index contributed by atoms with van der Waals surface area (Å²) in [5.74, 6) is -0.211. The van der Waals surface area contributed by atoms with Gasteiger partial charge in [0.15, 0.2) is 0 Å². The van der Waals surface area contributed by atoms with Crippen LogP contribution < -0.4 is 10.6 Å². The number of anilines is 2. The van der Waals surface area contributed by atoms with Crippen LogP contribution in [0.2, 0.25) is 0 Å². The lowest BCUT2D eigenvalue weighted by molar-refractivity contribution is 0.101. The van der Waals surface area contributed by atoms with E-state index >= 15 is 0 Å². The van der Waals surface area contributed by atoms with Crippen molar-refractivity contribution in [2.75, 3.05) is 10.6 Å². The molecule has 0 aromatic heterocycles. The molecule has 0 fully saturated rings. The van der Waals surface area contributed by atoms with Crippen LogP contribution in [0.15, 0.2) is 72.8 Å². The molecule has 4 aromatic carbocycles. The zero-order valence-electron chi connectivity index (χ0n) is 23.2. The lowest BCUT2D eigenvalue weighted by Gasteiger charge is -2.13. The van der Waals surface area contributed by atoms with Crippen molar-refractivity contribution in [3.63, 3.8) is 0 Å². The van der Waals surface area contributed by atoms with Crippen LogP contribution in [0, 0.1) is 41.5 Å². The highest BCUT2D eigenvalue weighted by molar-refractivity contribution is 6.05. The summed E-state index contributed by atoms with van der Waals surface area (Å²) in [6.07, 6.45) is 1.66. The van der Waals surface area contributed by atoms with Crippen LogP contribution in [0.25, 0.3) is 0 Å². The Morgan fingerprint density at radius 1 is 0.474 bits per heavy atom. The van der Waals surface area contributed by atoms with Crippen LogP contribution in [-0.4, -0.2) is 11.8 Å². The summed E-state index contributed by atoms with van der Waals surface area (Å²) >= 11 is 0. The van der Waals surface area contributed by atoms with Crippen molar-refractivity contribution in [2.45, 2.75) is 54.4 Å². The number of carbonyl (C=O) groups excluding carboxylic acids is 2. The predicted molar refractivity (Wildman–Crippen MR) is 158 cm³/mol. The van der Waals surface area contributed by atoms with E-state index in [0.29, 0.717) is 11.1 Å². The van der Waals surface area contributed by atoms with Gasteiger partial charge in [0.2, 0.25) is 0 Å². The maximum Gasteiger partial charge on any atom is 0.255 e. The number of carbonyl (C=O) groups is 2. The van der Waals surface area contributed by atoms with E-state index in [9.17, 15) is 9.59 Å². The Bertz CT molecular complexity index is 1400. The highest BCUT2D eigenvalue weighted by Gasteiger charge is 2.11. The van der Waals surface area contributed by atoms with Gasteiger partial charge in [-0.25, -0.2) is 0 Å². The predicted octanol–water partition coefficient (Wildman–Crippen LogP) is 7.83. The fraction of sp³-hybridized carbons (Fsp3) is 0.235. The molecule has 38 heavy (non-hydrogen) atoms. The third-order valence-electron chi connectivity index (χ3n) is 7.42. The third kappa shape index (κ3) is 6.38. The molecule has 0 bridgehead atoms. The van der Waals surface area contributed by atoms with Gasteiger partial charge in [-0.05, 0) is 147 Å². The largest absolute Gasteiger partial charge is 0.322 e. The number of amides is 2. The minimum absolute atomic E-state index is 0.106. The van der Waals surface area contributed by atoms with Gasteiger partial charge in [0.05, 0.1) is 0 Å². The Labute approximate surface area is 226 Å². The molecule has 4 nitrogen and oxygen atoms in total. The van der Waals surface area contributed by atoms with Crippen molar-refractivity contribution in [3.05, 3.63) is 128 Å². The monoisotopic (exact) mass is 504 g/mol. The van der Waals surface area contributed by atoms with Crippen molar-refractivity contribution in [2.24, 2.45) is 0 Å². The van der Waals surface area contributed by atoms with Gasteiger partial charge in [-0.2, -0.15) is 0 Å². The molecular formula is C34H36N2O2. The Morgan fingerprint density at radius 3 is 1.21 bits per heavy atom. The molecule has 194 valence electrons. The minimum Gasteiger partial charge on any atom is -0.322 e. The standard InChI is InChI=1S/C34H36N2O2/c1-21-7-11-29(17-25(21)5)33(37)35-31-15-9-23(3)27(19-31)13-14-28-20-32(16-10-24(28)4)36-34(38)30-12-8-22(2)26(6)18-30/h7-12,15-20H,13-14H2,1-6H3,(H,35,37)(H,36,38). The van der Waals surface area contributed by atoms with Crippen LogP contribution in [0.3, 0.4) is 0 Å². The molecule has 0 spiro atoms. The van der Waals surface area contributed by atoms with E-state index in [0.717, 1.165) is 35.3 Å². The molecule has 0 saturated heterocycles. The number of hydrogen-bond donors (Lipinski definition) is 2. The van der Waals surface area contributed by atoms with E-state index < -0.39 is 0 Å². The molecule has 0 heterocycles. The van der Waals surface area contributed by atoms with Crippen molar-refractivity contribution in [1.29, 1.82) is 0 Å². The summed E-state index contributed by atoms with van der Waals surface area (Å²) in [5.41, 5.74) is 12.2. The number of benzene rings is 4. The summed E-state index contributed by atoms with van der Waals surface area (Å²) in [4.78, 5) is 25.6. The summed E-state index contributed by atoms with van der Waals surface area (Å²) in [6, 6.07) is 23.7.